The lowest BCUT2D eigenvalue weighted by Crippen LogP contribution is -2.00. The lowest BCUT2D eigenvalue weighted by atomic mass is 9.96. The van der Waals surface area contributed by atoms with Crippen molar-refractivity contribution in [2.24, 2.45) is 0 Å². The van der Waals surface area contributed by atoms with Crippen molar-refractivity contribution >= 4 is 0 Å². The standard InChI is InChI=1S/C11H11NO/c13-10-6-4-9(5-7-10)11-3-1-2-8-12-11/h1-4,6-9,13H,5H2. The zero-order valence-corrected chi connectivity index (χ0v) is 7.22. The molecule has 0 aromatic carbocycles. The minimum absolute atomic E-state index is 0.317. The van der Waals surface area contributed by atoms with Crippen molar-refractivity contribution in [1.82, 2.24) is 4.98 Å². The van der Waals surface area contributed by atoms with Gasteiger partial charge in [-0.3, -0.25) is 4.98 Å². The monoisotopic (exact) mass is 173 g/mol. The number of rotatable bonds is 1. The van der Waals surface area contributed by atoms with Crippen LogP contribution in [0.5, 0.6) is 0 Å². The molecular weight excluding hydrogens is 162 g/mol. The quantitative estimate of drug-likeness (QED) is 0.708. The molecule has 1 heterocycles. The minimum Gasteiger partial charge on any atom is -0.508 e. The maximum atomic E-state index is 9.13. The summed E-state index contributed by atoms with van der Waals surface area (Å²) in [6.07, 6.45) is 8.15. The van der Waals surface area contributed by atoms with Crippen molar-refractivity contribution < 1.29 is 5.11 Å². The van der Waals surface area contributed by atoms with Crippen LogP contribution in [-0.4, -0.2) is 10.1 Å². The Morgan fingerprint density at radius 2 is 2.31 bits per heavy atom. The molecule has 1 N–H and O–H groups in total. The summed E-state index contributed by atoms with van der Waals surface area (Å²) in [7, 11) is 0. The molecule has 0 radical (unpaired) electrons. The molecule has 0 spiro atoms. The van der Waals surface area contributed by atoms with E-state index in [0.717, 1.165) is 12.1 Å². The summed E-state index contributed by atoms with van der Waals surface area (Å²) in [5.74, 6) is 0.671. The summed E-state index contributed by atoms with van der Waals surface area (Å²) in [6.45, 7) is 0. The zero-order valence-electron chi connectivity index (χ0n) is 7.22. The molecule has 1 aliphatic carbocycles. The molecule has 0 saturated heterocycles. The van der Waals surface area contributed by atoms with E-state index in [1.807, 2.05) is 30.4 Å². The third kappa shape index (κ3) is 1.78. The number of nitrogens with zero attached hydrogens (tertiary/aromatic N) is 1. The Kier molecular flexibility index (Phi) is 2.13. The Morgan fingerprint density at radius 1 is 1.38 bits per heavy atom. The van der Waals surface area contributed by atoms with Gasteiger partial charge in [0.15, 0.2) is 0 Å². The van der Waals surface area contributed by atoms with Crippen molar-refractivity contribution in [3.8, 4) is 0 Å². The fourth-order valence-electron chi connectivity index (χ4n) is 1.42. The van der Waals surface area contributed by atoms with E-state index in [2.05, 4.69) is 4.98 Å². The van der Waals surface area contributed by atoms with Gasteiger partial charge in [-0.05, 0) is 30.7 Å². The number of allylic oxidation sites excluding steroid dienone is 3. The summed E-state index contributed by atoms with van der Waals surface area (Å²) >= 11 is 0. The second-order valence-electron chi connectivity index (χ2n) is 3.08. The fraction of sp³-hybridized carbons (Fsp3) is 0.182. The maximum Gasteiger partial charge on any atom is 0.111 e. The first kappa shape index (κ1) is 8.05. The van der Waals surface area contributed by atoms with Crippen LogP contribution in [0.3, 0.4) is 0 Å². The van der Waals surface area contributed by atoms with Gasteiger partial charge >= 0.3 is 0 Å². The first-order valence-corrected chi connectivity index (χ1v) is 4.34. The number of aromatic nitrogens is 1. The predicted molar refractivity (Wildman–Crippen MR) is 51.4 cm³/mol. The Balaban J connectivity index is 2.18. The largest absolute Gasteiger partial charge is 0.508 e. The SMILES string of the molecule is OC1=CCC(c2ccccn2)C=C1. The van der Waals surface area contributed by atoms with Crippen LogP contribution in [-0.2, 0) is 0 Å². The van der Waals surface area contributed by atoms with Gasteiger partial charge in [-0.2, -0.15) is 0 Å². The van der Waals surface area contributed by atoms with Crippen LogP contribution in [0.25, 0.3) is 0 Å². The van der Waals surface area contributed by atoms with Gasteiger partial charge in [0.1, 0.15) is 5.76 Å². The molecule has 0 aliphatic heterocycles. The normalized spacial score (nSPS) is 21.2. The molecule has 2 rings (SSSR count). The first-order chi connectivity index (χ1) is 6.36. The minimum atomic E-state index is 0.317. The molecule has 13 heavy (non-hydrogen) atoms. The van der Waals surface area contributed by atoms with Crippen LogP contribution in [0.2, 0.25) is 0 Å². The smallest absolute Gasteiger partial charge is 0.111 e. The van der Waals surface area contributed by atoms with E-state index in [0.29, 0.717) is 11.7 Å². The molecule has 2 nitrogen and oxygen atoms in total. The third-order valence-corrected chi connectivity index (χ3v) is 2.15. The van der Waals surface area contributed by atoms with Crippen LogP contribution in [0, 0.1) is 0 Å². The Morgan fingerprint density at radius 3 is 2.92 bits per heavy atom. The summed E-state index contributed by atoms with van der Waals surface area (Å²) in [5.41, 5.74) is 1.06. The fourth-order valence-corrected chi connectivity index (χ4v) is 1.42. The van der Waals surface area contributed by atoms with Crippen molar-refractivity contribution in [1.29, 1.82) is 0 Å². The van der Waals surface area contributed by atoms with Gasteiger partial charge in [0.2, 0.25) is 0 Å². The van der Waals surface area contributed by atoms with Crippen LogP contribution < -0.4 is 0 Å². The van der Waals surface area contributed by atoms with Crippen molar-refractivity contribution in [3.63, 3.8) is 0 Å². The average molecular weight is 173 g/mol. The van der Waals surface area contributed by atoms with E-state index in [1.165, 1.54) is 0 Å². The number of aliphatic hydroxyl groups is 1. The number of aliphatic hydroxyl groups excluding tert-OH is 1. The molecular formula is C11H11NO. The van der Waals surface area contributed by atoms with Gasteiger partial charge in [-0.1, -0.05) is 12.1 Å². The molecule has 1 atom stereocenters. The highest BCUT2D eigenvalue weighted by molar-refractivity contribution is 5.25. The average Bonchev–Trinajstić information content (AvgIpc) is 2.20. The van der Waals surface area contributed by atoms with Gasteiger partial charge in [-0.25, -0.2) is 0 Å². The number of hydrogen-bond acceptors (Lipinski definition) is 2. The molecule has 1 aromatic rings. The highest BCUT2D eigenvalue weighted by Gasteiger charge is 2.10. The first-order valence-electron chi connectivity index (χ1n) is 4.34. The summed E-state index contributed by atoms with van der Waals surface area (Å²) in [6, 6.07) is 5.89. The van der Waals surface area contributed by atoms with E-state index < -0.39 is 0 Å². The van der Waals surface area contributed by atoms with Gasteiger partial charge in [0, 0.05) is 17.8 Å². The van der Waals surface area contributed by atoms with Gasteiger partial charge in [0.05, 0.1) is 0 Å². The van der Waals surface area contributed by atoms with Crippen molar-refractivity contribution in [2.45, 2.75) is 12.3 Å². The second kappa shape index (κ2) is 3.44. The molecule has 0 bridgehead atoms. The molecule has 0 fully saturated rings. The molecule has 1 aliphatic rings. The third-order valence-electron chi connectivity index (χ3n) is 2.15. The second-order valence-corrected chi connectivity index (χ2v) is 3.08. The molecule has 0 amide bonds. The Bertz CT molecular complexity index is 340. The molecule has 0 saturated carbocycles. The highest BCUT2D eigenvalue weighted by Crippen LogP contribution is 2.23. The van der Waals surface area contributed by atoms with Crippen LogP contribution in [0.15, 0.2) is 48.4 Å². The van der Waals surface area contributed by atoms with Crippen LogP contribution >= 0.6 is 0 Å². The van der Waals surface area contributed by atoms with E-state index in [9.17, 15) is 0 Å². The van der Waals surface area contributed by atoms with Crippen molar-refractivity contribution in [3.05, 3.63) is 54.1 Å². The predicted octanol–water partition coefficient (Wildman–Crippen LogP) is 2.57. The van der Waals surface area contributed by atoms with Gasteiger partial charge < -0.3 is 5.11 Å². The molecule has 66 valence electrons. The van der Waals surface area contributed by atoms with E-state index in [4.69, 9.17) is 5.11 Å². The van der Waals surface area contributed by atoms with Gasteiger partial charge in [-0.15, -0.1) is 0 Å². The Hall–Kier alpha value is -1.57. The lowest BCUT2D eigenvalue weighted by molar-refractivity contribution is 0.425. The Labute approximate surface area is 77.2 Å². The maximum absolute atomic E-state index is 9.13. The molecule has 2 heteroatoms. The van der Waals surface area contributed by atoms with Gasteiger partial charge in [0.25, 0.3) is 0 Å². The molecule has 1 aromatic heterocycles. The van der Waals surface area contributed by atoms with E-state index in [-0.39, 0.29) is 0 Å². The topological polar surface area (TPSA) is 33.1 Å². The lowest BCUT2D eigenvalue weighted by Gasteiger charge is -2.12. The highest BCUT2D eigenvalue weighted by atomic mass is 16.3. The van der Waals surface area contributed by atoms with Crippen LogP contribution in [0.1, 0.15) is 18.0 Å². The number of pyridine rings is 1. The summed E-state index contributed by atoms with van der Waals surface area (Å²) < 4.78 is 0. The van der Waals surface area contributed by atoms with E-state index >= 15 is 0 Å². The number of hydrogen-bond donors (Lipinski definition) is 1. The summed E-state index contributed by atoms with van der Waals surface area (Å²) in [5, 5.41) is 9.13. The van der Waals surface area contributed by atoms with Crippen LogP contribution in [0.4, 0.5) is 0 Å². The molecule has 1 unspecified atom stereocenters. The van der Waals surface area contributed by atoms with E-state index in [1.54, 1.807) is 12.3 Å². The summed E-state index contributed by atoms with van der Waals surface area (Å²) in [4.78, 5) is 4.27. The van der Waals surface area contributed by atoms with Crippen molar-refractivity contribution in [2.75, 3.05) is 0 Å². The zero-order chi connectivity index (χ0) is 9.10.